The molecule has 0 saturated heterocycles. The molecule has 3 aromatic carbocycles. The Hall–Kier alpha value is -3.89. The number of hydrogen-bond donors (Lipinski definition) is 2. The molecule has 38 heavy (non-hydrogen) atoms. The molecule has 2 amide bonds. The summed E-state index contributed by atoms with van der Waals surface area (Å²) in [5, 5.41) is 5.66. The van der Waals surface area contributed by atoms with E-state index in [0.29, 0.717) is 34.8 Å². The van der Waals surface area contributed by atoms with Gasteiger partial charge in [0.25, 0.3) is 21.8 Å². The Bertz CT molecular complexity index is 1340. The lowest BCUT2D eigenvalue weighted by molar-refractivity contribution is 0.0948. The third kappa shape index (κ3) is 6.90. The van der Waals surface area contributed by atoms with E-state index < -0.39 is 15.9 Å². The van der Waals surface area contributed by atoms with Crippen LogP contribution in [0.25, 0.3) is 0 Å². The minimum absolute atomic E-state index is 0.0406. The minimum atomic E-state index is -3.87. The molecule has 0 aliphatic rings. The van der Waals surface area contributed by atoms with Crippen LogP contribution in [-0.2, 0) is 10.0 Å². The van der Waals surface area contributed by atoms with Gasteiger partial charge in [0.05, 0.1) is 17.7 Å². The van der Waals surface area contributed by atoms with Crippen molar-refractivity contribution in [1.29, 1.82) is 0 Å². The zero-order valence-corrected chi connectivity index (χ0v) is 22.9. The fraction of sp³-hybridized carbons (Fsp3) is 0.286. The lowest BCUT2D eigenvalue weighted by Gasteiger charge is -2.21. The van der Waals surface area contributed by atoms with Gasteiger partial charge in [-0.3, -0.25) is 13.9 Å². The molecule has 3 aromatic rings. The number of rotatable bonds is 12. The number of carbonyl (C=O) groups is 2. The van der Waals surface area contributed by atoms with E-state index in [0.717, 1.165) is 23.9 Å². The molecule has 0 bridgehead atoms. The highest BCUT2D eigenvalue weighted by Crippen LogP contribution is 2.30. The summed E-state index contributed by atoms with van der Waals surface area (Å²) in [6.45, 7) is 7.36. The Balaban J connectivity index is 1.62. The maximum absolute atomic E-state index is 13.1. The zero-order valence-electron chi connectivity index (χ0n) is 22.1. The molecule has 0 radical (unpaired) electrons. The molecule has 0 aromatic heterocycles. The van der Waals surface area contributed by atoms with Crippen molar-refractivity contribution in [3.63, 3.8) is 0 Å². The maximum Gasteiger partial charge on any atom is 0.264 e. The SMILES string of the molecule is CCN(CC)CCNC(=O)c1ccc(NC(=O)c2ccc(S(=O)(=O)N(C)c3ccccc3OC)cc2)cc1. The van der Waals surface area contributed by atoms with E-state index >= 15 is 0 Å². The molecule has 0 aliphatic heterocycles. The molecular weight excluding hydrogens is 504 g/mol. The summed E-state index contributed by atoms with van der Waals surface area (Å²) in [6, 6.07) is 19.1. The minimum Gasteiger partial charge on any atom is -0.495 e. The second-order valence-corrected chi connectivity index (χ2v) is 10.5. The van der Waals surface area contributed by atoms with E-state index in [4.69, 9.17) is 4.74 Å². The number of anilines is 2. The first kappa shape index (κ1) is 28.7. The van der Waals surface area contributed by atoms with Crippen LogP contribution in [0.15, 0.2) is 77.7 Å². The van der Waals surface area contributed by atoms with E-state index in [-0.39, 0.29) is 10.8 Å². The number of para-hydroxylation sites is 2. The van der Waals surface area contributed by atoms with Crippen LogP contribution in [0.1, 0.15) is 34.6 Å². The molecule has 0 spiro atoms. The molecule has 0 heterocycles. The van der Waals surface area contributed by atoms with E-state index in [9.17, 15) is 18.0 Å². The van der Waals surface area contributed by atoms with E-state index in [1.807, 2.05) is 0 Å². The number of sulfonamides is 1. The molecule has 0 saturated carbocycles. The summed E-state index contributed by atoms with van der Waals surface area (Å²) in [4.78, 5) is 27.4. The van der Waals surface area contributed by atoms with Gasteiger partial charge in [-0.2, -0.15) is 0 Å². The molecule has 2 N–H and O–H groups in total. The highest BCUT2D eigenvalue weighted by molar-refractivity contribution is 7.92. The first-order chi connectivity index (χ1) is 18.2. The molecule has 202 valence electrons. The summed E-state index contributed by atoms with van der Waals surface area (Å²) >= 11 is 0. The Morgan fingerprint density at radius 3 is 2.03 bits per heavy atom. The second kappa shape index (κ2) is 13.1. The van der Waals surface area contributed by atoms with Crippen LogP contribution in [-0.4, -0.2) is 65.5 Å². The monoisotopic (exact) mass is 538 g/mol. The van der Waals surface area contributed by atoms with Gasteiger partial charge in [-0.25, -0.2) is 8.42 Å². The first-order valence-corrected chi connectivity index (χ1v) is 13.8. The van der Waals surface area contributed by atoms with Crippen molar-refractivity contribution < 1.29 is 22.7 Å². The second-order valence-electron chi connectivity index (χ2n) is 8.48. The average Bonchev–Trinajstić information content (AvgIpc) is 2.95. The number of nitrogens with zero attached hydrogens (tertiary/aromatic N) is 2. The fourth-order valence-electron chi connectivity index (χ4n) is 3.83. The van der Waals surface area contributed by atoms with Crippen LogP contribution in [0, 0.1) is 0 Å². The molecule has 0 unspecified atom stereocenters. The van der Waals surface area contributed by atoms with E-state index in [1.54, 1.807) is 48.5 Å². The van der Waals surface area contributed by atoms with Gasteiger partial charge >= 0.3 is 0 Å². The standard InChI is InChI=1S/C28H34N4O5S/c1-5-32(6-2)20-19-29-27(33)21-11-15-23(16-12-21)30-28(34)22-13-17-24(18-14-22)38(35,36)31(3)25-9-7-8-10-26(25)37-4/h7-18H,5-6,19-20H2,1-4H3,(H,29,33)(H,30,34). The normalized spacial score (nSPS) is 11.2. The highest BCUT2D eigenvalue weighted by atomic mass is 32.2. The van der Waals surface area contributed by atoms with Crippen LogP contribution in [0.2, 0.25) is 0 Å². The van der Waals surface area contributed by atoms with Gasteiger partial charge in [0.2, 0.25) is 0 Å². The van der Waals surface area contributed by atoms with E-state index in [2.05, 4.69) is 29.4 Å². The molecule has 3 rings (SSSR count). The number of nitrogens with one attached hydrogen (secondary N) is 2. The summed E-state index contributed by atoms with van der Waals surface area (Å²) in [5.41, 5.74) is 1.71. The summed E-state index contributed by atoms with van der Waals surface area (Å²) in [6.07, 6.45) is 0. The Morgan fingerprint density at radius 1 is 0.842 bits per heavy atom. The zero-order chi connectivity index (χ0) is 27.7. The smallest absolute Gasteiger partial charge is 0.264 e. The number of ether oxygens (including phenoxy) is 1. The van der Waals surface area contributed by atoms with Crippen LogP contribution in [0.4, 0.5) is 11.4 Å². The van der Waals surface area contributed by atoms with Crippen molar-refractivity contribution in [2.24, 2.45) is 0 Å². The van der Waals surface area contributed by atoms with Crippen molar-refractivity contribution in [3.05, 3.63) is 83.9 Å². The van der Waals surface area contributed by atoms with Crippen LogP contribution < -0.4 is 19.7 Å². The van der Waals surface area contributed by atoms with Crippen molar-refractivity contribution in [1.82, 2.24) is 10.2 Å². The number of likely N-dealkylation sites (N-methyl/N-ethyl adjacent to an activating group) is 1. The van der Waals surface area contributed by atoms with Crippen molar-refractivity contribution in [2.45, 2.75) is 18.7 Å². The van der Waals surface area contributed by atoms with Gasteiger partial charge in [0.1, 0.15) is 5.75 Å². The Labute approximate surface area is 224 Å². The summed E-state index contributed by atoms with van der Waals surface area (Å²) in [7, 11) is -0.950. The van der Waals surface area contributed by atoms with Gasteiger partial charge in [0.15, 0.2) is 0 Å². The van der Waals surface area contributed by atoms with Crippen molar-refractivity contribution in [2.75, 3.05) is 50.0 Å². The Morgan fingerprint density at radius 2 is 1.42 bits per heavy atom. The van der Waals surface area contributed by atoms with Gasteiger partial charge in [0, 0.05) is 37.0 Å². The van der Waals surface area contributed by atoms with Gasteiger partial charge in [-0.05, 0) is 73.8 Å². The third-order valence-corrected chi connectivity index (χ3v) is 8.00. The fourth-order valence-corrected chi connectivity index (χ4v) is 5.04. The van der Waals surface area contributed by atoms with Gasteiger partial charge < -0.3 is 20.3 Å². The van der Waals surface area contributed by atoms with Crippen LogP contribution in [0.5, 0.6) is 5.75 Å². The number of amides is 2. The number of benzene rings is 3. The van der Waals surface area contributed by atoms with E-state index in [1.165, 1.54) is 38.4 Å². The van der Waals surface area contributed by atoms with Crippen LogP contribution >= 0.6 is 0 Å². The largest absolute Gasteiger partial charge is 0.495 e. The predicted molar refractivity (Wildman–Crippen MR) is 150 cm³/mol. The number of carbonyl (C=O) groups excluding carboxylic acids is 2. The van der Waals surface area contributed by atoms with Gasteiger partial charge in [-0.15, -0.1) is 0 Å². The van der Waals surface area contributed by atoms with Gasteiger partial charge in [-0.1, -0.05) is 26.0 Å². The molecule has 10 heteroatoms. The lowest BCUT2D eigenvalue weighted by atomic mass is 10.1. The third-order valence-electron chi connectivity index (χ3n) is 6.21. The first-order valence-electron chi connectivity index (χ1n) is 12.3. The number of hydrogen-bond acceptors (Lipinski definition) is 6. The molecule has 0 fully saturated rings. The van der Waals surface area contributed by atoms with Crippen molar-refractivity contribution in [3.8, 4) is 5.75 Å². The predicted octanol–water partition coefficient (Wildman–Crippen LogP) is 3.84. The molecular formula is C28H34N4O5S. The maximum atomic E-state index is 13.1. The molecule has 0 atom stereocenters. The summed E-state index contributed by atoms with van der Waals surface area (Å²) in [5.74, 6) is -0.147. The average molecular weight is 539 g/mol. The van der Waals surface area contributed by atoms with Crippen molar-refractivity contribution >= 4 is 33.2 Å². The topological polar surface area (TPSA) is 108 Å². The molecule has 0 aliphatic carbocycles. The van der Waals surface area contributed by atoms with Crippen LogP contribution in [0.3, 0.4) is 0 Å². The Kier molecular flexibility index (Phi) is 9.86. The highest BCUT2D eigenvalue weighted by Gasteiger charge is 2.24. The lowest BCUT2D eigenvalue weighted by Crippen LogP contribution is -2.34. The molecule has 9 nitrogen and oxygen atoms in total. The number of methoxy groups -OCH3 is 1. The summed E-state index contributed by atoms with van der Waals surface area (Å²) < 4.78 is 32.7. The quantitative estimate of drug-likeness (QED) is 0.363.